The maximum absolute atomic E-state index is 12.2. The Balaban J connectivity index is 2.20. The summed E-state index contributed by atoms with van der Waals surface area (Å²) in [5.74, 6) is -2.04. The second kappa shape index (κ2) is 13.4. The van der Waals surface area contributed by atoms with Gasteiger partial charge in [-0.25, -0.2) is 19.2 Å². The summed E-state index contributed by atoms with van der Waals surface area (Å²) < 4.78 is 26.1. The molecule has 0 aliphatic heterocycles. The van der Waals surface area contributed by atoms with Gasteiger partial charge in [-0.3, -0.25) is 0 Å². The fourth-order valence-electron chi connectivity index (χ4n) is 2.60. The minimum Gasteiger partial charge on any atom is -0.486 e. The molecule has 0 fully saturated rings. The first-order valence-corrected chi connectivity index (χ1v) is 11.1. The average molecular weight is 509 g/mol. The van der Waals surface area contributed by atoms with Gasteiger partial charge in [0, 0.05) is 16.7 Å². The van der Waals surface area contributed by atoms with Crippen LogP contribution in [0, 0.1) is 0 Å². The van der Waals surface area contributed by atoms with Crippen LogP contribution in [0.25, 0.3) is 11.1 Å². The Morgan fingerprint density at radius 2 is 1.22 bits per heavy atom. The van der Waals surface area contributed by atoms with Crippen LogP contribution >= 0.6 is 0 Å². The highest BCUT2D eigenvalue weighted by Gasteiger charge is 2.15. The van der Waals surface area contributed by atoms with E-state index >= 15 is 0 Å². The van der Waals surface area contributed by atoms with Crippen LogP contribution < -0.4 is 14.2 Å². The quantitative estimate of drug-likeness (QED) is 0.179. The van der Waals surface area contributed by atoms with Crippen molar-refractivity contribution >= 4 is 23.9 Å². The number of hydrogen-bond acceptors (Lipinski definition) is 9. The fourth-order valence-corrected chi connectivity index (χ4v) is 2.60. The number of esters is 4. The van der Waals surface area contributed by atoms with Crippen LogP contribution in [0.1, 0.15) is 20.8 Å². The smallest absolute Gasteiger partial charge is 0.349 e. The minimum absolute atomic E-state index is 0.0343. The van der Waals surface area contributed by atoms with Crippen molar-refractivity contribution in [3.05, 3.63) is 78.9 Å². The monoisotopic (exact) mass is 508 g/mol. The van der Waals surface area contributed by atoms with Gasteiger partial charge in [-0.15, -0.1) is 0 Å². The average Bonchev–Trinajstić information content (AvgIpc) is 2.85. The summed E-state index contributed by atoms with van der Waals surface area (Å²) >= 11 is 0. The summed E-state index contributed by atoms with van der Waals surface area (Å²) in [6.45, 7) is 14.3. The summed E-state index contributed by atoms with van der Waals surface area (Å²) in [6.07, 6.45) is 0. The molecule has 2 aromatic rings. The van der Waals surface area contributed by atoms with Crippen molar-refractivity contribution in [2.75, 3.05) is 19.8 Å². The van der Waals surface area contributed by atoms with Crippen LogP contribution in [0.3, 0.4) is 0 Å². The van der Waals surface area contributed by atoms with Crippen LogP contribution in [0.2, 0.25) is 0 Å². The van der Waals surface area contributed by atoms with Gasteiger partial charge in [0.25, 0.3) is 0 Å². The van der Waals surface area contributed by atoms with E-state index in [0.29, 0.717) is 11.3 Å². The van der Waals surface area contributed by atoms with Gasteiger partial charge in [0.1, 0.15) is 19.0 Å². The van der Waals surface area contributed by atoms with Crippen molar-refractivity contribution in [2.24, 2.45) is 0 Å². The zero-order valence-corrected chi connectivity index (χ0v) is 21.0. The van der Waals surface area contributed by atoms with Gasteiger partial charge < -0.3 is 23.7 Å². The van der Waals surface area contributed by atoms with Gasteiger partial charge in [-0.1, -0.05) is 37.9 Å². The zero-order valence-electron chi connectivity index (χ0n) is 21.0. The van der Waals surface area contributed by atoms with Gasteiger partial charge in [0.05, 0.1) is 0 Å². The van der Waals surface area contributed by atoms with Crippen molar-refractivity contribution < 1.29 is 42.9 Å². The SMILES string of the molecule is C=C(C)C(=O)OCCOc1cc(-c2ccc(OC(=O)C(=C)C)cc2)ccc1OC(=O)COC(=O)C(=C)C. The van der Waals surface area contributed by atoms with Gasteiger partial charge in [-0.2, -0.15) is 0 Å². The summed E-state index contributed by atoms with van der Waals surface area (Å²) in [4.78, 5) is 47.0. The molecule has 9 heteroatoms. The van der Waals surface area contributed by atoms with Gasteiger partial charge in [-0.05, 0) is 56.2 Å². The lowest BCUT2D eigenvalue weighted by Gasteiger charge is -2.14. The van der Waals surface area contributed by atoms with Crippen LogP contribution in [-0.4, -0.2) is 43.7 Å². The Kier molecular flexibility index (Phi) is 10.4. The second-order valence-electron chi connectivity index (χ2n) is 7.95. The molecule has 0 saturated heterocycles. The third kappa shape index (κ3) is 9.14. The molecule has 0 aromatic heterocycles. The molecular formula is C28H28O9. The highest BCUT2D eigenvalue weighted by Crippen LogP contribution is 2.33. The highest BCUT2D eigenvalue weighted by atomic mass is 16.6. The van der Waals surface area contributed by atoms with E-state index in [-0.39, 0.29) is 41.4 Å². The highest BCUT2D eigenvalue weighted by molar-refractivity contribution is 5.89. The van der Waals surface area contributed by atoms with Crippen molar-refractivity contribution in [1.29, 1.82) is 0 Å². The van der Waals surface area contributed by atoms with E-state index in [1.165, 1.54) is 19.9 Å². The standard InChI is InChI=1S/C28H28O9/c1-17(2)26(30)34-14-13-33-24-15-21(20-7-10-22(11-8-20)36-28(32)19(5)6)9-12-23(24)37-25(29)16-35-27(31)18(3)4/h7-12,15H,1,3,5,13-14,16H2,2,4,6H3. The predicted octanol–water partition coefficient (Wildman–Crippen LogP) is 4.36. The first kappa shape index (κ1) is 28.6. The number of carbonyl (C=O) groups is 4. The molecular weight excluding hydrogens is 480 g/mol. The van der Waals surface area contributed by atoms with Gasteiger partial charge >= 0.3 is 23.9 Å². The minimum atomic E-state index is -0.829. The van der Waals surface area contributed by atoms with Gasteiger partial charge in [0.15, 0.2) is 18.1 Å². The summed E-state index contributed by atoms with van der Waals surface area (Å²) in [5.41, 5.74) is 2.12. The molecule has 0 radical (unpaired) electrons. The van der Waals surface area contributed by atoms with Crippen molar-refractivity contribution in [1.82, 2.24) is 0 Å². The van der Waals surface area contributed by atoms with E-state index in [1.54, 1.807) is 43.3 Å². The number of carbonyl (C=O) groups excluding carboxylic acids is 4. The molecule has 0 aliphatic carbocycles. The molecule has 0 unspecified atom stereocenters. The van der Waals surface area contributed by atoms with Crippen molar-refractivity contribution in [3.8, 4) is 28.4 Å². The molecule has 37 heavy (non-hydrogen) atoms. The van der Waals surface area contributed by atoms with E-state index in [2.05, 4.69) is 19.7 Å². The molecule has 0 saturated carbocycles. The molecule has 0 N–H and O–H groups in total. The fraction of sp³-hybridized carbons (Fsp3) is 0.214. The maximum atomic E-state index is 12.2. The predicted molar refractivity (Wildman–Crippen MR) is 135 cm³/mol. The molecule has 0 heterocycles. The molecule has 2 aromatic carbocycles. The van der Waals surface area contributed by atoms with Crippen LogP contribution in [0.4, 0.5) is 0 Å². The molecule has 0 atom stereocenters. The van der Waals surface area contributed by atoms with Crippen LogP contribution in [-0.2, 0) is 28.7 Å². The molecule has 0 spiro atoms. The Morgan fingerprint density at radius 3 is 1.81 bits per heavy atom. The zero-order chi connectivity index (χ0) is 27.5. The van der Waals surface area contributed by atoms with E-state index in [1.807, 2.05) is 0 Å². The largest absolute Gasteiger partial charge is 0.486 e. The number of ether oxygens (including phenoxy) is 5. The van der Waals surface area contributed by atoms with Crippen molar-refractivity contribution in [2.45, 2.75) is 20.8 Å². The molecule has 2 rings (SSSR count). The third-order valence-electron chi connectivity index (χ3n) is 4.51. The van der Waals surface area contributed by atoms with E-state index in [4.69, 9.17) is 23.7 Å². The topological polar surface area (TPSA) is 114 Å². The summed E-state index contributed by atoms with van der Waals surface area (Å²) in [7, 11) is 0. The number of benzene rings is 2. The Morgan fingerprint density at radius 1 is 0.649 bits per heavy atom. The molecule has 0 aliphatic rings. The molecule has 194 valence electrons. The van der Waals surface area contributed by atoms with Gasteiger partial charge in [0.2, 0.25) is 0 Å². The van der Waals surface area contributed by atoms with E-state index in [0.717, 1.165) is 5.56 Å². The maximum Gasteiger partial charge on any atom is 0.349 e. The Labute approximate surface area is 214 Å². The third-order valence-corrected chi connectivity index (χ3v) is 4.51. The van der Waals surface area contributed by atoms with Crippen LogP contribution in [0.5, 0.6) is 17.2 Å². The molecule has 0 bridgehead atoms. The second-order valence-corrected chi connectivity index (χ2v) is 7.95. The molecule has 9 nitrogen and oxygen atoms in total. The molecule has 0 amide bonds. The first-order valence-electron chi connectivity index (χ1n) is 11.1. The van der Waals surface area contributed by atoms with Crippen LogP contribution in [0.15, 0.2) is 78.9 Å². The lowest BCUT2D eigenvalue weighted by atomic mass is 10.0. The number of hydrogen-bond donors (Lipinski definition) is 0. The first-order chi connectivity index (χ1) is 17.5. The lowest BCUT2D eigenvalue weighted by molar-refractivity contribution is -0.150. The Bertz CT molecular complexity index is 1220. The van der Waals surface area contributed by atoms with E-state index in [9.17, 15) is 19.2 Å². The normalized spacial score (nSPS) is 10.0. The number of rotatable bonds is 12. The Hall–Kier alpha value is -4.66. The summed E-state index contributed by atoms with van der Waals surface area (Å²) in [6, 6.07) is 11.5. The summed E-state index contributed by atoms with van der Waals surface area (Å²) in [5, 5.41) is 0. The lowest BCUT2D eigenvalue weighted by Crippen LogP contribution is -2.19. The van der Waals surface area contributed by atoms with E-state index < -0.39 is 30.5 Å². The van der Waals surface area contributed by atoms with Crippen molar-refractivity contribution in [3.63, 3.8) is 0 Å².